The molecule has 0 nitrogen and oxygen atoms in total. The Morgan fingerprint density at radius 2 is 1.79 bits per heavy atom. The molecule has 1 aromatic carbocycles. The van der Waals surface area contributed by atoms with Gasteiger partial charge in [0.15, 0.2) is 0 Å². The van der Waals surface area contributed by atoms with Crippen molar-refractivity contribution >= 4 is 11.6 Å². The minimum Gasteiger partial charge on any atom is -0.118 e. The fraction of sp³-hybridized carbons (Fsp3) is 0.667. The number of benzene rings is 1. The first-order chi connectivity index (χ1) is 8.90. The summed E-state index contributed by atoms with van der Waals surface area (Å²) in [6.45, 7) is 11.5. The summed E-state index contributed by atoms with van der Waals surface area (Å²) in [7, 11) is 0. The van der Waals surface area contributed by atoms with Crippen molar-refractivity contribution in [3.63, 3.8) is 0 Å². The molecule has 0 aromatic heterocycles. The maximum atomic E-state index is 6.70. The Morgan fingerprint density at radius 3 is 2.37 bits per heavy atom. The highest BCUT2D eigenvalue weighted by atomic mass is 35.5. The van der Waals surface area contributed by atoms with Crippen molar-refractivity contribution in [3.05, 3.63) is 34.4 Å². The smallest absolute Gasteiger partial charge is 0.0590 e. The zero-order valence-electron chi connectivity index (χ0n) is 13.0. The van der Waals surface area contributed by atoms with Gasteiger partial charge in [0.2, 0.25) is 0 Å². The van der Waals surface area contributed by atoms with Crippen LogP contribution in [0, 0.1) is 5.92 Å². The Morgan fingerprint density at radius 1 is 1.11 bits per heavy atom. The summed E-state index contributed by atoms with van der Waals surface area (Å²) in [5.74, 6) is 1.90. The van der Waals surface area contributed by atoms with Crippen LogP contribution in [0.4, 0.5) is 0 Å². The van der Waals surface area contributed by atoms with Crippen LogP contribution in [0.25, 0.3) is 0 Å². The average molecular weight is 279 g/mol. The van der Waals surface area contributed by atoms with Gasteiger partial charge in [-0.2, -0.15) is 0 Å². The summed E-state index contributed by atoms with van der Waals surface area (Å²) < 4.78 is 0. The SMILES string of the molecule is CC1CCc2c(C(C)C)cc(C(C)C)cc2C(Cl)C1. The van der Waals surface area contributed by atoms with Crippen molar-refractivity contribution in [3.8, 4) is 0 Å². The number of rotatable bonds is 2. The summed E-state index contributed by atoms with van der Waals surface area (Å²) in [6.07, 6.45) is 3.59. The lowest BCUT2D eigenvalue weighted by molar-refractivity contribution is 0.503. The van der Waals surface area contributed by atoms with E-state index in [9.17, 15) is 0 Å². The molecule has 1 aliphatic carbocycles. The molecule has 2 rings (SSSR count). The molecule has 0 radical (unpaired) electrons. The lowest BCUT2D eigenvalue weighted by atomic mass is 9.86. The van der Waals surface area contributed by atoms with Gasteiger partial charge in [-0.3, -0.25) is 0 Å². The molecule has 0 heterocycles. The molecule has 0 saturated carbocycles. The van der Waals surface area contributed by atoms with Gasteiger partial charge < -0.3 is 0 Å². The van der Waals surface area contributed by atoms with E-state index in [1.807, 2.05) is 0 Å². The van der Waals surface area contributed by atoms with Crippen LogP contribution in [0.1, 0.15) is 86.9 Å². The molecular weight excluding hydrogens is 252 g/mol. The van der Waals surface area contributed by atoms with Crippen LogP contribution in [-0.4, -0.2) is 0 Å². The first-order valence-corrected chi connectivity index (χ1v) is 8.14. The molecule has 0 amide bonds. The van der Waals surface area contributed by atoms with E-state index in [2.05, 4.69) is 46.8 Å². The van der Waals surface area contributed by atoms with Gasteiger partial charge in [0, 0.05) is 0 Å². The number of alkyl halides is 1. The second kappa shape index (κ2) is 5.87. The summed E-state index contributed by atoms with van der Waals surface area (Å²) in [5, 5.41) is 0.198. The first kappa shape index (κ1) is 14.9. The Hall–Kier alpha value is -0.490. The van der Waals surface area contributed by atoms with Crippen LogP contribution in [0.5, 0.6) is 0 Å². The van der Waals surface area contributed by atoms with E-state index in [4.69, 9.17) is 11.6 Å². The van der Waals surface area contributed by atoms with E-state index in [0.717, 1.165) is 12.3 Å². The van der Waals surface area contributed by atoms with Crippen LogP contribution >= 0.6 is 11.6 Å². The predicted octanol–water partition coefficient (Wildman–Crippen LogP) is 6.19. The van der Waals surface area contributed by atoms with Crippen molar-refractivity contribution in [1.29, 1.82) is 0 Å². The van der Waals surface area contributed by atoms with Crippen LogP contribution in [0.15, 0.2) is 12.1 Å². The summed E-state index contributed by atoms with van der Waals surface area (Å²) in [4.78, 5) is 0. The molecule has 0 bridgehead atoms. The van der Waals surface area contributed by atoms with Crippen molar-refractivity contribution in [2.75, 3.05) is 0 Å². The highest BCUT2D eigenvalue weighted by molar-refractivity contribution is 6.21. The van der Waals surface area contributed by atoms with Gasteiger partial charge in [0.05, 0.1) is 5.38 Å². The van der Waals surface area contributed by atoms with Gasteiger partial charge in [-0.1, -0.05) is 46.8 Å². The van der Waals surface area contributed by atoms with Crippen LogP contribution < -0.4 is 0 Å². The van der Waals surface area contributed by atoms with Gasteiger partial charge >= 0.3 is 0 Å². The third-order valence-corrected chi connectivity index (χ3v) is 4.88. The van der Waals surface area contributed by atoms with Crippen LogP contribution in [0.2, 0.25) is 0 Å². The third-order valence-electron chi connectivity index (χ3n) is 4.46. The fourth-order valence-electron chi connectivity index (χ4n) is 3.15. The zero-order chi connectivity index (χ0) is 14.2. The van der Waals surface area contributed by atoms with Gasteiger partial charge in [0.25, 0.3) is 0 Å². The molecule has 0 spiro atoms. The van der Waals surface area contributed by atoms with Gasteiger partial charge in [-0.05, 0) is 59.3 Å². The van der Waals surface area contributed by atoms with E-state index < -0.39 is 0 Å². The van der Waals surface area contributed by atoms with Crippen LogP contribution in [-0.2, 0) is 6.42 Å². The molecule has 106 valence electrons. The fourth-order valence-corrected chi connectivity index (χ4v) is 3.65. The lowest BCUT2D eigenvalue weighted by Gasteiger charge is -2.21. The Kier molecular flexibility index (Phi) is 4.61. The summed E-state index contributed by atoms with van der Waals surface area (Å²) in [6, 6.07) is 4.80. The van der Waals surface area contributed by atoms with Crippen molar-refractivity contribution in [2.45, 2.75) is 71.1 Å². The number of halogens is 1. The molecule has 0 saturated heterocycles. The standard InChI is InChI=1S/C18H27Cl/c1-11(2)14-9-16(12(3)4)15-7-6-13(5)8-18(19)17(15)10-14/h9-13,18H,6-8H2,1-5H3. The zero-order valence-corrected chi connectivity index (χ0v) is 13.7. The molecule has 1 aromatic rings. The Bertz CT molecular complexity index is 445. The third kappa shape index (κ3) is 3.16. The second-order valence-electron chi connectivity index (χ2n) is 6.83. The molecule has 2 unspecified atom stereocenters. The molecule has 0 fully saturated rings. The molecule has 1 aliphatic rings. The maximum absolute atomic E-state index is 6.70. The largest absolute Gasteiger partial charge is 0.118 e. The summed E-state index contributed by atoms with van der Waals surface area (Å²) in [5.41, 5.74) is 5.94. The van der Waals surface area contributed by atoms with E-state index in [-0.39, 0.29) is 5.38 Å². The quantitative estimate of drug-likeness (QED) is 0.447. The highest BCUT2D eigenvalue weighted by Gasteiger charge is 2.24. The molecule has 0 N–H and O–H groups in total. The number of fused-ring (bicyclic) bond motifs is 1. The van der Waals surface area contributed by atoms with E-state index in [1.165, 1.54) is 29.5 Å². The molecular formula is C18H27Cl. The van der Waals surface area contributed by atoms with Gasteiger partial charge in [-0.25, -0.2) is 0 Å². The molecule has 0 aliphatic heterocycles. The number of hydrogen-bond acceptors (Lipinski definition) is 0. The second-order valence-corrected chi connectivity index (χ2v) is 7.36. The normalized spacial score (nSPS) is 23.6. The van der Waals surface area contributed by atoms with Crippen molar-refractivity contribution < 1.29 is 0 Å². The monoisotopic (exact) mass is 278 g/mol. The van der Waals surface area contributed by atoms with E-state index in [1.54, 1.807) is 5.56 Å². The highest BCUT2D eigenvalue weighted by Crippen LogP contribution is 2.40. The maximum Gasteiger partial charge on any atom is 0.0590 e. The van der Waals surface area contributed by atoms with Crippen LogP contribution in [0.3, 0.4) is 0 Å². The lowest BCUT2D eigenvalue weighted by Crippen LogP contribution is -2.04. The number of hydrogen-bond donors (Lipinski definition) is 0. The first-order valence-electron chi connectivity index (χ1n) is 7.70. The van der Waals surface area contributed by atoms with E-state index in [0.29, 0.717) is 11.8 Å². The Balaban J connectivity index is 2.57. The minimum atomic E-state index is 0.198. The predicted molar refractivity (Wildman–Crippen MR) is 85.3 cm³/mol. The van der Waals surface area contributed by atoms with Gasteiger partial charge in [-0.15, -0.1) is 11.6 Å². The topological polar surface area (TPSA) is 0 Å². The minimum absolute atomic E-state index is 0.198. The molecule has 19 heavy (non-hydrogen) atoms. The molecule has 2 atom stereocenters. The molecule has 1 heteroatoms. The van der Waals surface area contributed by atoms with E-state index >= 15 is 0 Å². The Labute approximate surface area is 123 Å². The summed E-state index contributed by atoms with van der Waals surface area (Å²) >= 11 is 6.70. The van der Waals surface area contributed by atoms with Gasteiger partial charge in [0.1, 0.15) is 0 Å². The van der Waals surface area contributed by atoms with Crippen molar-refractivity contribution in [1.82, 2.24) is 0 Å². The average Bonchev–Trinajstić information content (AvgIpc) is 2.47. The van der Waals surface area contributed by atoms with Crippen molar-refractivity contribution in [2.24, 2.45) is 5.92 Å².